The van der Waals surface area contributed by atoms with E-state index in [1.165, 1.54) is 0 Å². The van der Waals surface area contributed by atoms with Crippen LogP contribution >= 0.6 is 0 Å². The van der Waals surface area contributed by atoms with E-state index < -0.39 is 0 Å². The fraction of sp³-hybridized carbons (Fsp3) is 0.0909. The van der Waals surface area contributed by atoms with Gasteiger partial charge in [-0.3, -0.25) is 9.97 Å². The third-order valence-corrected chi connectivity index (χ3v) is 2.34. The molecule has 2 aromatic heterocycles. The second-order valence-electron chi connectivity index (χ2n) is 3.27. The molecule has 0 saturated heterocycles. The molecule has 1 aromatic carbocycles. The van der Waals surface area contributed by atoms with Crippen LogP contribution in [0.25, 0.3) is 22.1 Å². The Morgan fingerprint density at radius 1 is 0.938 bits per heavy atom. The molecule has 2 heterocycles. The summed E-state index contributed by atoms with van der Waals surface area (Å²) >= 11 is 0. The van der Waals surface area contributed by atoms with Gasteiger partial charge in [0.1, 0.15) is 11.0 Å². The van der Waals surface area contributed by atoms with E-state index in [4.69, 9.17) is 4.74 Å². The van der Waals surface area contributed by atoms with Gasteiger partial charge in [0, 0.05) is 12.4 Å². The van der Waals surface area contributed by atoms with Crippen LogP contribution in [0, 0.1) is 0 Å². The molecule has 5 heteroatoms. The average Bonchev–Trinajstić information content (AvgIpc) is 2.38. The highest BCUT2D eigenvalue weighted by molar-refractivity contribution is 5.99. The van der Waals surface area contributed by atoms with Gasteiger partial charge in [0.25, 0.3) is 0 Å². The molecule has 0 saturated carbocycles. The van der Waals surface area contributed by atoms with Gasteiger partial charge in [-0.15, -0.1) is 0 Å². The number of ether oxygens (including phenoxy) is 1. The van der Waals surface area contributed by atoms with Gasteiger partial charge in [0.05, 0.1) is 24.3 Å². The van der Waals surface area contributed by atoms with Gasteiger partial charge < -0.3 is 4.74 Å². The molecule has 78 valence electrons. The lowest BCUT2D eigenvalue weighted by Crippen LogP contribution is -1.93. The minimum atomic E-state index is 0.477. The number of rotatable bonds is 1. The summed E-state index contributed by atoms with van der Waals surface area (Å²) in [6.07, 6.45) is 4.88. The monoisotopic (exact) mass is 212 g/mol. The lowest BCUT2D eigenvalue weighted by molar-refractivity contribution is 0.398. The smallest absolute Gasteiger partial charge is 0.232 e. The Bertz CT molecular complexity index is 668. The fourth-order valence-corrected chi connectivity index (χ4v) is 1.59. The summed E-state index contributed by atoms with van der Waals surface area (Å²) in [6, 6.07) is 3.75. The van der Waals surface area contributed by atoms with Gasteiger partial charge in [0.15, 0.2) is 0 Å². The zero-order chi connectivity index (χ0) is 11.0. The summed E-state index contributed by atoms with van der Waals surface area (Å²) < 4.78 is 5.05. The highest BCUT2D eigenvalue weighted by Gasteiger charge is 2.05. The molecule has 16 heavy (non-hydrogen) atoms. The van der Waals surface area contributed by atoms with E-state index >= 15 is 0 Å². The number of hydrogen-bond donors (Lipinski definition) is 0. The predicted molar refractivity (Wildman–Crippen MR) is 59.2 cm³/mol. The minimum Gasteiger partial charge on any atom is -0.480 e. The first-order chi connectivity index (χ1) is 7.88. The molecule has 0 radical (unpaired) electrons. The topological polar surface area (TPSA) is 60.8 Å². The van der Waals surface area contributed by atoms with Crippen LogP contribution in [0.1, 0.15) is 0 Å². The van der Waals surface area contributed by atoms with Crippen molar-refractivity contribution in [1.82, 2.24) is 19.9 Å². The van der Waals surface area contributed by atoms with Crippen LogP contribution in [0.15, 0.2) is 30.7 Å². The van der Waals surface area contributed by atoms with Gasteiger partial charge >= 0.3 is 0 Å². The van der Waals surface area contributed by atoms with Gasteiger partial charge in [-0.25, -0.2) is 9.97 Å². The summed E-state index contributed by atoms with van der Waals surface area (Å²) in [7, 11) is 1.56. The maximum Gasteiger partial charge on any atom is 0.232 e. The summed E-state index contributed by atoms with van der Waals surface area (Å²) in [5, 5.41) is 0. The quantitative estimate of drug-likeness (QED) is 0.573. The van der Waals surface area contributed by atoms with Crippen LogP contribution in [0.5, 0.6) is 5.88 Å². The van der Waals surface area contributed by atoms with Crippen molar-refractivity contribution in [3.05, 3.63) is 30.7 Å². The molecule has 5 nitrogen and oxygen atoms in total. The molecule has 0 bridgehead atoms. The Labute approximate surface area is 91.2 Å². The van der Waals surface area contributed by atoms with Crippen molar-refractivity contribution in [2.24, 2.45) is 0 Å². The Balaban J connectivity index is 2.47. The van der Waals surface area contributed by atoms with Gasteiger partial charge in [-0.05, 0) is 12.1 Å². The molecule has 0 amide bonds. The van der Waals surface area contributed by atoms with Crippen LogP contribution in [-0.2, 0) is 0 Å². The van der Waals surface area contributed by atoms with Crippen molar-refractivity contribution in [3.8, 4) is 5.88 Å². The van der Waals surface area contributed by atoms with Gasteiger partial charge in [-0.2, -0.15) is 0 Å². The molecular formula is C11H8N4O. The summed E-state index contributed by atoms with van der Waals surface area (Å²) in [5.74, 6) is 0.477. The zero-order valence-electron chi connectivity index (χ0n) is 8.58. The predicted octanol–water partition coefficient (Wildman–Crippen LogP) is 1.58. The van der Waals surface area contributed by atoms with Crippen molar-refractivity contribution in [2.75, 3.05) is 7.11 Å². The van der Waals surface area contributed by atoms with Crippen LogP contribution < -0.4 is 4.74 Å². The molecule has 0 spiro atoms. The molecule has 0 aliphatic heterocycles. The molecule has 0 aliphatic rings. The van der Waals surface area contributed by atoms with E-state index in [0.717, 1.165) is 16.6 Å². The molecular weight excluding hydrogens is 204 g/mol. The van der Waals surface area contributed by atoms with Crippen molar-refractivity contribution < 1.29 is 4.74 Å². The largest absolute Gasteiger partial charge is 0.480 e. The van der Waals surface area contributed by atoms with E-state index in [2.05, 4.69) is 19.9 Å². The molecule has 0 aliphatic carbocycles. The molecule has 0 fully saturated rings. The molecule has 3 aromatic rings. The first-order valence-electron chi connectivity index (χ1n) is 4.79. The summed E-state index contributed by atoms with van der Waals surface area (Å²) in [6.45, 7) is 0. The first-order valence-corrected chi connectivity index (χ1v) is 4.79. The Kier molecular flexibility index (Phi) is 1.89. The normalized spacial score (nSPS) is 10.8. The molecule has 3 rings (SSSR count). The van der Waals surface area contributed by atoms with Crippen molar-refractivity contribution in [3.63, 3.8) is 0 Å². The third kappa shape index (κ3) is 1.25. The molecule has 0 N–H and O–H groups in total. The third-order valence-electron chi connectivity index (χ3n) is 2.34. The lowest BCUT2D eigenvalue weighted by Gasteiger charge is -2.02. The van der Waals surface area contributed by atoms with Gasteiger partial charge in [-0.1, -0.05) is 0 Å². The van der Waals surface area contributed by atoms with Crippen molar-refractivity contribution >= 4 is 22.1 Å². The lowest BCUT2D eigenvalue weighted by atomic mass is 10.2. The van der Waals surface area contributed by atoms with Crippen LogP contribution in [-0.4, -0.2) is 27.0 Å². The van der Waals surface area contributed by atoms with E-state index in [0.29, 0.717) is 11.4 Å². The SMILES string of the molecule is COc1cnc2ccc3nccnc3c2n1. The Morgan fingerprint density at radius 3 is 2.50 bits per heavy atom. The Hall–Kier alpha value is -2.30. The summed E-state index contributed by atoms with van der Waals surface area (Å²) in [4.78, 5) is 17.1. The maximum atomic E-state index is 5.05. The number of methoxy groups -OCH3 is 1. The van der Waals surface area contributed by atoms with E-state index in [-0.39, 0.29) is 0 Å². The van der Waals surface area contributed by atoms with E-state index in [1.54, 1.807) is 25.7 Å². The fourth-order valence-electron chi connectivity index (χ4n) is 1.59. The second-order valence-corrected chi connectivity index (χ2v) is 3.27. The highest BCUT2D eigenvalue weighted by Crippen LogP contribution is 2.20. The van der Waals surface area contributed by atoms with E-state index in [9.17, 15) is 0 Å². The highest BCUT2D eigenvalue weighted by atomic mass is 16.5. The number of fused-ring (bicyclic) bond motifs is 3. The van der Waals surface area contributed by atoms with Crippen LogP contribution in [0.2, 0.25) is 0 Å². The second kappa shape index (κ2) is 3.37. The number of nitrogens with zero attached hydrogens (tertiary/aromatic N) is 4. The van der Waals surface area contributed by atoms with Crippen LogP contribution in [0.3, 0.4) is 0 Å². The molecule has 0 unspecified atom stereocenters. The minimum absolute atomic E-state index is 0.477. The Morgan fingerprint density at radius 2 is 1.69 bits per heavy atom. The average molecular weight is 212 g/mol. The maximum absolute atomic E-state index is 5.05. The van der Waals surface area contributed by atoms with Crippen molar-refractivity contribution in [2.45, 2.75) is 0 Å². The zero-order valence-corrected chi connectivity index (χ0v) is 8.58. The number of hydrogen-bond acceptors (Lipinski definition) is 5. The molecule has 0 atom stereocenters. The van der Waals surface area contributed by atoms with Gasteiger partial charge in [0.2, 0.25) is 5.88 Å². The van der Waals surface area contributed by atoms with Crippen LogP contribution in [0.4, 0.5) is 0 Å². The standard InChI is InChI=1S/C11H8N4O/c1-16-9-6-14-8-3-2-7-10(11(8)15-9)13-5-4-12-7/h2-6H,1H3. The van der Waals surface area contributed by atoms with Crippen molar-refractivity contribution in [1.29, 1.82) is 0 Å². The van der Waals surface area contributed by atoms with E-state index in [1.807, 2.05) is 12.1 Å². The number of benzene rings is 1. The first kappa shape index (κ1) is 8.96. The summed E-state index contributed by atoms with van der Waals surface area (Å²) in [5.41, 5.74) is 3.04. The number of aromatic nitrogens is 4.